The Labute approximate surface area is 239 Å². The molecular formula is C34H49BrO3. The van der Waals surface area contributed by atoms with Crippen molar-refractivity contribution in [3.05, 3.63) is 40.4 Å². The summed E-state index contributed by atoms with van der Waals surface area (Å²) in [4.78, 5) is 12.5. The number of fused-ring (bicyclic) bond motifs is 5. The Bertz CT molecular complexity index is 1000. The molecule has 3 nitrogen and oxygen atoms in total. The molecule has 4 aliphatic rings. The molecule has 0 amide bonds. The Hall–Kier alpha value is -1.29. The van der Waals surface area contributed by atoms with Crippen LogP contribution in [0.5, 0.6) is 5.75 Å². The lowest BCUT2D eigenvalue weighted by atomic mass is 9.47. The van der Waals surface area contributed by atoms with Crippen LogP contribution in [0.4, 0.5) is 4.79 Å². The number of carbonyl (C=O) groups is 1. The van der Waals surface area contributed by atoms with Gasteiger partial charge in [0.05, 0.1) is 4.47 Å². The van der Waals surface area contributed by atoms with Gasteiger partial charge in [-0.3, -0.25) is 0 Å². The Morgan fingerprint density at radius 2 is 1.76 bits per heavy atom. The van der Waals surface area contributed by atoms with E-state index >= 15 is 0 Å². The Balaban J connectivity index is 1.18. The molecule has 4 aliphatic carbocycles. The molecule has 0 aliphatic heterocycles. The Morgan fingerprint density at radius 3 is 2.58 bits per heavy atom. The smallest absolute Gasteiger partial charge is 0.430 e. The largest absolute Gasteiger partial charge is 0.514 e. The molecule has 0 saturated heterocycles. The van der Waals surface area contributed by atoms with E-state index < -0.39 is 6.16 Å². The van der Waals surface area contributed by atoms with Gasteiger partial charge in [0.15, 0.2) is 0 Å². The number of ether oxygens (including phenoxy) is 2. The quantitative estimate of drug-likeness (QED) is 0.125. The summed E-state index contributed by atoms with van der Waals surface area (Å²) >= 11 is 3.44. The number of halogens is 1. The van der Waals surface area contributed by atoms with Crippen molar-refractivity contribution >= 4 is 22.1 Å². The molecule has 0 N–H and O–H groups in total. The van der Waals surface area contributed by atoms with Crippen LogP contribution in [0.25, 0.3) is 0 Å². The first-order valence-corrected chi connectivity index (χ1v) is 16.5. The Morgan fingerprint density at radius 1 is 0.974 bits per heavy atom. The van der Waals surface area contributed by atoms with Crippen LogP contribution in [-0.4, -0.2) is 12.3 Å². The van der Waals surface area contributed by atoms with Crippen LogP contribution in [-0.2, 0) is 4.74 Å². The first-order chi connectivity index (χ1) is 18.3. The molecule has 0 heterocycles. The fourth-order valence-electron chi connectivity index (χ4n) is 9.26. The van der Waals surface area contributed by atoms with Gasteiger partial charge in [-0.25, -0.2) is 4.79 Å². The van der Waals surface area contributed by atoms with Crippen molar-refractivity contribution < 1.29 is 14.3 Å². The van der Waals surface area contributed by atoms with E-state index in [0.717, 1.165) is 47.4 Å². The van der Waals surface area contributed by atoms with E-state index in [4.69, 9.17) is 9.47 Å². The predicted octanol–water partition coefficient (Wildman–Crippen LogP) is 10.7. The predicted molar refractivity (Wildman–Crippen MR) is 158 cm³/mol. The molecule has 0 aromatic heterocycles. The summed E-state index contributed by atoms with van der Waals surface area (Å²) in [6.07, 6.45) is 21.7. The monoisotopic (exact) mass is 584 g/mol. The summed E-state index contributed by atoms with van der Waals surface area (Å²) in [6, 6.07) is 7.42. The third-order valence-electron chi connectivity index (χ3n) is 11.5. The van der Waals surface area contributed by atoms with Gasteiger partial charge < -0.3 is 9.47 Å². The SMILES string of the molecule is CCCCCCCCC1CCC2C3CC=C4CC(OC(=O)Oc5ccccc5Br)CCC4(C)C3CCC12C. The first kappa shape index (κ1) is 28.2. The number of hydrogen-bond acceptors (Lipinski definition) is 3. The molecule has 7 unspecified atom stereocenters. The second-order valence-electron chi connectivity index (χ2n) is 13.4. The number of unbranched alkanes of at least 4 members (excludes halogenated alkanes) is 5. The van der Waals surface area contributed by atoms with E-state index in [2.05, 4.69) is 42.8 Å². The molecule has 210 valence electrons. The van der Waals surface area contributed by atoms with Crippen LogP contribution in [0.1, 0.15) is 117 Å². The second kappa shape index (κ2) is 12.1. The van der Waals surface area contributed by atoms with Crippen molar-refractivity contribution in [1.29, 1.82) is 0 Å². The zero-order valence-electron chi connectivity index (χ0n) is 24.0. The van der Waals surface area contributed by atoms with Gasteiger partial charge in [-0.05, 0) is 114 Å². The van der Waals surface area contributed by atoms with E-state index in [0.29, 0.717) is 11.2 Å². The number of rotatable bonds is 9. The molecule has 7 atom stereocenters. The molecule has 0 spiro atoms. The van der Waals surface area contributed by atoms with E-state index in [1.54, 1.807) is 11.6 Å². The molecule has 0 bridgehead atoms. The zero-order chi connectivity index (χ0) is 26.8. The van der Waals surface area contributed by atoms with Crippen LogP contribution in [0.2, 0.25) is 0 Å². The molecule has 1 aromatic rings. The van der Waals surface area contributed by atoms with Crippen molar-refractivity contribution in [1.82, 2.24) is 0 Å². The van der Waals surface area contributed by atoms with Crippen LogP contribution >= 0.6 is 15.9 Å². The van der Waals surface area contributed by atoms with E-state index in [1.165, 1.54) is 77.0 Å². The maximum atomic E-state index is 12.5. The molecule has 3 fully saturated rings. The van der Waals surface area contributed by atoms with Gasteiger partial charge in [0.25, 0.3) is 0 Å². The molecular weight excluding hydrogens is 536 g/mol. The Kier molecular flexibility index (Phi) is 8.97. The molecule has 3 saturated carbocycles. The topological polar surface area (TPSA) is 35.5 Å². The number of para-hydroxylation sites is 1. The summed E-state index contributed by atoms with van der Waals surface area (Å²) in [7, 11) is 0. The summed E-state index contributed by atoms with van der Waals surface area (Å²) in [5, 5.41) is 0. The normalized spacial score (nSPS) is 36.0. The van der Waals surface area contributed by atoms with Crippen molar-refractivity contribution in [2.24, 2.45) is 34.5 Å². The summed E-state index contributed by atoms with van der Waals surface area (Å²) in [5.41, 5.74) is 2.38. The fraction of sp³-hybridized carbons (Fsp3) is 0.735. The van der Waals surface area contributed by atoms with Crippen molar-refractivity contribution in [2.75, 3.05) is 0 Å². The van der Waals surface area contributed by atoms with Gasteiger partial charge >= 0.3 is 6.16 Å². The maximum absolute atomic E-state index is 12.5. The molecule has 0 radical (unpaired) electrons. The molecule has 38 heavy (non-hydrogen) atoms. The molecule has 1 aromatic carbocycles. The average molecular weight is 586 g/mol. The number of carbonyl (C=O) groups excluding carboxylic acids is 1. The fourth-order valence-corrected chi connectivity index (χ4v) is 9.63. The minimum absolute atomic E-state index is 0.0806. The minimum atomic E-state index is -0.587. The highest BCUT2D eigenvalue weighted by molar-refractivity contribution is 9.10. The van der Waals surface area contributed by atoms with Gasteiger partial charge in [0.1, 0.15) is 11.9 Å². The van der Waals surface area contributed by atoms with Gasteiger partial charge in [-0.2, -0.15) is 0 Å². The standard InChI is InChI=1S/C34H49BrO3/c1-4-5-6-7-8-9-12-24-16-18-28-27-17-15-25-23-26(37-32(36)38-31-14-11-10-13-30(31)35)19-21-34(25,3)29(27)20-22-33(24,28)2/h10-11,13-15,24,26-29H,4-9,12,16-23H2,1-3H3. The highest BCUT2D eigenvalue weighted by Crippen LogP contribution is 2.66. The summed E-state index contributed by atoms with van der Waals surface area (Å²) < 4.78 is 12.1. The maximum Gasteiger partial charge on any atom is 0.514 e. The van der Waals surface area contributed by atoms with Gasteiger partial charge in [-0.1, -0.05) is 83.1 Å². The lowest BCUT2D eigenvalue weighted by Gasteiger charge is -2.58. The summed E-state index contributed by atoms with van der Waals surface area (Å²) in [5.74, 6) is 3.98. The van der Waals surface area contributed by atoms with Crippen molar-refractivity contribution in [3.63, 3.8) is 0 Å². The van der Waals surface area contributed by atoms with Crippen molar-refractivity contribution in [2.45, 2.75) is 123 Å². The van der Waals surface area contributed by atoms with Crippen LogP contribution < -0.4 is 4.74 Å². The van der Waals surface area contributed by atoms with E-state index in [-0.39, 0.29) is 11.5 Å². The van der Waals surface area contributed by atoms with E-state index in [9.17, 15) is 4.79 Å². The van der Waals surface area contributed by atoms with Gasteiger partial charge in [0.2, 0.25) is 0 Å². The second-order valence-corrected chi connectivity index (χ2v) is 14.3. The third-order valence-corrected chi connectivity index (χ3v) is 12.1. The van der Waals surface area contributed by atoms with Crippen LogP contribution in [0.3, 0.4) is 0 Å². The van der Waals surface area contributed by atoms with E-state index in [1.807, 2.05) is 18.2 Å². The number of hydrogen-bond donors (Lipinski definition) is 0. The summed E-state index contributed by atoms with van der Waals surface area (Å²) in [6.45, 7) is 7.52. The molecule has 4 heteroatoms. The zero-order valence-corrected chi connectivity index (χ0v) is 25.6. The molecule has 5 rings (SSSR count). The number of allylic oxidation sites excluding steroid dienone is 1. The lowest BCUT2D eigenvalue weighted by Crippen LogP contribution is -2.50. The first-order valence-electron chi connectivity index (χ1n) is 15.7. The van der Waals surface area contributed by atoms with Crippen molar-refractivity contribution in [3.8, 4) is 5.75 Å². The highest BCUT2D eigenvalue weighted by atomic mass is 79.9. The average Bonchev–Trinajstić information content (AvgIpc) is 3.24. The van der Waals surface area contributed by atoms with Crippen LogP contribution in [0.15, 0.2) is 40.4 Å². The minimum Gasteiger partial charge on any atom is -0.430 e. The lowest BCUT2D eigenvalue weighted by molar-refractivity contribution is -0.0538. The van der Waals surface area contributed by atoms with Gasteiger partial charge in [-0.15, -0.1) is 0 Å². The highest BCUT2D eigenvalue weighted by Gasteiger charge is 2.58. The third kappa shape index (κ3) is 5.63. The van der Waals surface area contributed by atoms with Crippen LogP contribution in [0, 0.1) is 34.5 Å². The number of benzene rings is 1. The van der Waals surface area contributed by atoms with Gasteiger partial charge in [0, 0.05) is 6.42 Å².